The lowest BCUT2D eigenvalue weighted by Gasteiger charge is -2.32. The van der Waals surface area contributed by atoms with Crippen molar-refractivity contribution < 1.29 is 29.4 Å². The molecule has 1 aliphatic rings. The Morgan fingerprint density at radius 3 is 1.50 bits per heavy atom. The third-order valence-corrected chi connectivity index (χ3v) is 4.04. The maximum absolute atomic E-state index is 12.1. The van der Waals surface area contributed by atoms with Gasteiger partial charge in [0.25, 0.3) is 0 Å². The number of carboxylic acid groups (broad SMARTS) is 2. The van der Waals surface area contributed by atoms with Crippen molar-refractivity contribution in [3.63, 3.8) is 0 Å². The smallest absolute Gasteiger partial charge is 0.303 e. The molecule has 2 N–H and O–H groups in total. The Bertz CT molecular complexity index is 387. The van der Waals surface area contributed by atoms with Crippen LogP contribution in [0.1, 0.15) is 39.5 Å². The van der Waals surface area contributed by atoms with Crippen LogP contribution >= 0.6 is 0 Å². The van der Waals surface area contributed by atoms with Gasteiger partial charge in [0.2, 0.25) is 0 Å². The van der Waals surface area contributed by atoms with E-state index in [0.29, 0.717) is 0 Å². The summed E-state index contributed by atoms with van der Waals surface area (Å²) < 4.78 is 0. The number of rotatable bonds is 6. The average molecular weight is 284 g/mol. The van der Waals surface area contributed by atoms with E-state index >= 15 is 0 Å². The molecule has 0 radical (unpaired) electrons. The van der Waals surface area contributed by atoms with Gasteiger partial charge in [0.1, 0.15) is 11.6 Å². The molecule has 0 bridgehead atoms. The van der Waals surface area contributed by atoms with Gasteiger partial charge < -0.3 is 10.2 Å². The minimum atomic E-state index is -0.987. The van der Waals surface area contributed by atoms with Crippen LogP contribution < -0.4 is 0 Å². The van der Waals surface area contributed by atoms with E-state index in [-0.39, 0.29) is 49.1 Å². The second-order valence-corrected chi connectivity index (χ2v) is 5.70. The Kier molecular flexibility index (Phi) is 5.42. The molecule has 0 amide bonds. The fourth-order valence-electron chi connectivity index (χ4n) is 2.84. The Labute approximate surface area is 117 Å². The summed E-state index contributed by atoms with van der Waals surface area (Å²) in [4.78, 5) is 45.5. The molecule has 0 aliphatic heterocycles. The predicted octanol–water partition coefficient (Wildman–Crippen LogP) is 1.37. The first kappa shape index (κ1) is 16.3. The molecule has 0 aromatic carbocycles. The molecule has 0 saturated heterocycles. The van der Waals surface area contributed by atoms with Crippen molar-refractivity contribution in [2.75, 3.05) is 0 Å². The van der Waals surface area contributed by atoms with Crippen molar-refractivity contribution in [2.24, 2.45) is 23.7 Å². The Morgan fingerprint density at radius 2 is 1.25 bits per heavy atom. The van der Waals surface area contributed by atoms with Gasteiger partial charge in [-0.1, -0.05) is 13.8 Å². The van der Waals surface area contributed by atoms with Gasteiger partial charge >= 0.3 is 11.9 Å². The van der Waals surface area contributed by atoms with Gasteiger partial charge in [-0.15, -0.1) is 0 Å². The van der Waals surface area contributed by atoms with Crippen LogP contribution in [0, 0.1) is 23.7 Å². The third kappa shape index (κ3) is 4.15. The van der Waals surface area contributed by atoms with E-state index in [4.69, 9.17) is 10.2 Å². The van der Waals surface area contributed by atoms with E-state index in [9.17, 15) is 19.2 Å². The Hall–Kier alpha value is -1.72. The van der Waals surface area contributed by atoms with Crippen molar-refractivity contribution in [1.29, 1.82) is 0 Å². The Morgan fingerprint density at radius 1 is 0.950 bits per heavy atom. The molecule has 4 atom stereocenters. The minimum Gasteiger partial charge on any atom is -0.481 e. The van der Waals surface area contributed by atoms with Crippen LogP contribution in [0.15, 0.2) is 0 Å². The van der Waals surface area contributed by atoms with Crippen LogP contribution in [0.2, 0.25) is 0 Å². The molecule has 4 unspecified atom stereocenters. The van der Waals surface area contributed by atoms with Gasteiger partial charge in [-0.2, -0.15) is 0 Å². The summed E-state index contributed by atoms with van der Waals surface area (Å²) in [6.07, 6.45) is -0.220. The quantitative estimate of drug-likeness (QED) is 0.762. The molecule has 1 rings (SSSR count). The van der Waals surface area contributed by atoms with Crippen molar-refractivity contribution in [3.05, 3.63) is 0 Å². The fraction of sp³-hybridized carbons (Fsp3) is 0.714. The van der Waals surface area contributed by atoms with E-state index < -0.39 is 23.8 Å². The van der Waals surface area contributed by atoms with E-state index in [2.05, 4.69) is 0 Å². The first-order valence-electron chi connectivity index (χ1n) is 6.71. The number of hydrogen-bond acceptors (Lipinski definition) is 4. The molecule has 112 valence electrons. The highest BCUT2D eigenvalue weighted by molar-refractivity contribution is 5.96. The number of ketones is 2. The van der Waals surface area contributed by atoms with Crippen molar-refractivity contribution in [3.8, 4) is 0 Å². The molecule has 1 saturated carbocycles. The summed E-state index contributed by atoms with van der Waals surface area (Å²) in [5.74, 6) is -4.07. The van der Waals surface area contributed by atoms with Gasteiger partial charge in [0.15, 0.2) is 0 Å². The highest BCUT2D eigenvalue weighted by atomic mass is 16.4. The third-order valence-electron chi connectivity index (χ3n) is 4.04. The lowest BCUT2D eigenvalue weighted by atomic mass is 9.70. The first-order chi connectivity index (χ1) is 9.22. The van der Waals surface area contributed by atoms with Gasteiger partial charge in [-0.25, -0.2) is 0 Å². The number of carboxylic acids is 2. The van der Waals surface area contributed by atoms with E-state index in [1.807, 2.05) is 0 Å². The normalized spacial score (nSPS) is 26.1. The van der Waals surface area contributed by atoms with Crippen molar-refractivity contribution >= 4 is 23.5 Å². The maximum Gasteiger partial charge on any atom is 0.303 e. The van der Waals surface area contributed by atoms with Crippen molar-refractivity contribution in [2.45, 2.75) is 39.5 Å². The molecule has 0 spiro atoms. The fourth-order valence-corrected chi connectivity index (χ4v) is 2.84. The zero-order valence-corrected chi connectivity index (χ0v) is 11.7. The van der Waals surface area contributed by atoms with Gasteiger partial charge in [0, 0.05) is 37.5 Å². The summed E-state index contributed by atoms with van der Waals surface area (Å²) in [5.41, 5.74) is 0. The molecule has 0 aromatic rings. The minimum absolute atomic E-state index is 0.0297. The summed E-state index contributed by atoms with van der Waals surface area (Å²) in [6.45, 7) is 3.32. The standard InChI is InChI=1S/C14H20O6/c1-7(3-13(17)18)9-5-12(16)10(6-11(9)15)8(2)4-14(19)20/h7-10H,3-6H2,1-2H3,(H,17,18)(H,19,20). The number of aliphatic carboxylic acids is 2. The maximum atomic E-state index is 12.1. The zero-order valence-electron chi connectivity index (χ0n) is 11.7. The lowest BCUT2D eigenvalue weighted by Crippen LogP contribution is -2.39. The second-order valence-electron chi connectivity index (χ2n) is 5.70. The zero-order chi connectivity index (χ0) is 15.4. The summed E-state index contributed by atoms with van der Waals surface area (Å²) in [5, 5.41) is 17.5. The van der Waals surface area contributed by atoms with Crippen LogP contribution in [0.5, 0.6) is 0 Å². The SMILES string of the molecule is CC(CC(=O)O)C1CC(=O)C(C(C)CC(=O)O)CC1=O. The van der Waals surface area contributed by atoms with E-state index in [0.717, 1.165) is 0 Å². The summed E-state index contributed by atoms with van der Waals surface area (Å²) >= 11 is 0. The van der Waals surface area contributed by atoms with Gasteiger partial charge in [-0.3, -0.25) is 19.2 Å². The van der Waals surface area contributed by atoms with E-state index in [1.165, 1.54) is 0 Å². The molecule has 6 heteroatoms. The first-order valence-corrected chi connectivity index (χ1v) is 6.71. The number of carbonyl (C=O) groups is 4. The van der Waals surface area contributed by atoms with Crippen LogP contribution in [0.3, 0.4) is 0 Å². The Balaban J connectivity index is 2.71. The summed E-state index contributed by atoms with van der Waals surface area (Å²) in [7, 11) is 0. The summed E-state index contributed by atoms with van der Waals surface area (Å²) in [6, 6.07) is 0. The van der Waals surface area contributed by atoms with E-state index in [1.54, 1.807) is 13.8 Å². The van der Waals surface area contributed by atoms with Crippen LogP contribution in [-0.4, -0.2) is 33.7 Å². The highest BCUT2D eigenvalue weighted by Crippen LogP contribution is 2.34. The van der Waals surface area contributed by atoms with Gasteiger partial charge in [0.05, 0.1) is 0 Å². The molecule has 1 fully saturated rings. The highest BCUT2D eigenvalue weighted by Gasteiger charge is 2.40. The average Bonchev–Trinajstić information content (AvgIpc) is 2.29. The molecule has 1 aliphatic carbocycles. The monoisotopic (exact) mass is 284 g/mol. The molecule has 0 heterocycles. The van der Waals surface area contributed by atoms with Crippen LogP contribution in [0.4, 0.5) is 0 Å². The molecule has 6 nitrogen and oxygen atoms in total. The molecular formula is C14H20O6. The molecular weight excluding hydrogens is 264 g/mol. The number of Topliss-reactive ketones (excluding diaryl/α,β-unsaturated/α-hetero) is 2. The van der Waals surface area contributed by atoms with Crippen molar-refractivity contribution in [1.82, 2.24) is 0 Å². The van der Waals surface area contributed by atoms with Crippen LogP contribution in [-0.2, 0) is 19.2 Å². The topological polar surface area (TPSA) is 109 Å². The van der Waals surface area contributed by atoms with Gasteiger partial charge in [-0.05, 0) is 11.8 Å². The predicted molar refractivity (Wildman–Crippen MR) is 69.1 cm³/mol. The lowest BCUT2D eigenvalue weighted by molar-refractivity contribution is -0.145. The largest absolute Gasteiger partial charge is 0.481 e. The second kappa shape index (κ2) is 6.63. The van der Waals surface area contributed by atoms with Crippen LogP contribution in [0.25, 0.3) is 0 Å². The molecule has 0 aromatic heterocycles. The molecule has 20 heavy (non-hydrogen) atoms. The number of carbonyl (C=O) groups excluding carboxylic acids is 2. The number of hydrogen-bond donors (Lipinski definition) is 2.